The third-order valence-electron chi connectivity index (χ3n) is 4.07. The fourth-order valence-electron chi connectivity index (χ4n) is 2.83. The first-order valence-electron chi connectivity index (χ1n) is 8.85. The van der Waals surface area contributed by atoms with Gasteiger partial charge in [0.25, 0.3) is 0 Å². The van der Waals surface area contributed by atoms with Crippen LogP contribution < -0.4 is 4.74 Å². The summed E-state index contributed by atoms with van der Waals surface area (Å²) in [6, 6.07) is 8.43. The van der Waals surface area contributed by atoms with Gasteiger partial charge in [-0.3, -0.25) is 4.90 Å². The first-order valence-corrected chi connectivity index (χ1v) is 9.93. The maximum atomic E-state index is 12.2. The molecule has 1 aromatic rings. The number of ether oxygens (including phenoxy) is 2. The maximum absolute atomic E-state index is 12.2. The van der Waals surface area contributed by atoms with E-state index in [9.17, 15) is 4.79 Å². The second-order valence-electron chi connectivity index (χ2n) is 7.47. The minimum atomic E-state index is -0.440. The zero-order chi connectivity index (χ0) is 18.4. The number of amides is 1. The Morgan fingerprint density at radius 3 is 2.72 bits per heavy atom. The Morgan fingerprint density at radius 2 is 2.08 bits per heavy atom. The molecule has 5 nitrogen and oxygen atoms in total. The molecular formula is C19H29IN2O3. The van der Waals surface area contributed by atoms with Crippen molar-refractivity contribution >= 4 is 28.7 Å². The van der Waals surface area contributed by atoms with Crippen LogP contribution in [-0.4, -0.2) is 60.3 Å². The van der Waals surface area contributed by atoms with Gasteiger partial charge in [0, 0.05) is 35.8 Å². The maximum Gasteiger partial charge on any atom is 0.410 e. The average molecular weight is 460 g/mol. The lowest BCUT2D eigenvalue weighted by atomic mass is 10.2. The zero-order valence-electron chi connectivity index (χ0n) is 15.6. The number of rotatable bonds is 5. The number of piperazine rings is 1. The van der Waals surface area contributed by atoms with Crippen molar-refractivity contribution in [3.05, 3.63) is 27.8 Å². The van der Waals surface area contributed by atoms with Crippen LogP contribution in [-0.2, 0) is 4.74 Å². The number of carbonyl (C=O) groups is 1. The van der Waals surface area contributed by atoms with E-state index >= 15 is 0 Å². The van der Waals surface area contributed by atoms with Crippen molar-refractivity contribution in [1.82, 2.24) is 9.80 Å². The van der Waals surface area contributed by atoms with Crippen molar-refractivity contribution in [3.8, 4) is 5.75 Å². The molecule has 0 aromatic heterocycles. The number of halogens is 1. The fraction of sp³-hybridized carbons (Fsp3) is 0.632. The molecule has 1 aliphatic heterocycles. The normalized spacial score (nSPS) is 18.9. The van der Waals surface area contributed by atoms with Crippen LogP contribution in [0, 0.1) is 3.57 Å². The van der Waals surface area contributed by atoms with Gasteiger partial charge in [0.05, 0.1) is 6.61 Å². The highest BCUT2D eigenvalue weighted by molar-refractivity contribution is 14.1. The Hall–Kier alpha value is -1.02. The SMILES string of the molecule is CC1CN(C(=O)OC(C)(C)C)CCN1CCCOc1cccc(I)c1. The molecule has 2 rings (SSSR count). The molecule has 25 heavy (non-hydrogen) atoms. The summed E-state index contributed by atoms with van der Waals surface area (Å²) >= 11 is 2.29. The predicted molar refractivity (Wildman–Crippen MR) is 108 cm³/mol. The van der Waals surface area contributed by atoms with Crippen LogP contribution >= 0.6 is 22.6 Å². The van der Waals surface area contributed by atoms with E-state index in [-0.39, 0.29) is 6.09 Å². The summed E-state index contributed by atoms with van der Waals surface area (Å²) in [5, 5.41) is 0. The second-order valence-corrected chi connectivity index (χ2v) is 8.72. The Morgan fingerprint density at radius 1 is 1.32 bits per heavy atom. The van der Waals surface area contributed by atoms with Crippen LogP contribution in [0.2, 0.25) is 0 Å². The zero-order valence-corrected chi connectivity index (χ0v) is 17.8. The molecule has 0 bridgehead atoms. The van der Waals surface area contributed by atoms with Gasteiger partial charge in [0.1, 0.15) is 11.4 Å². The number of hydrogen-bond donors (Lipinski definition) is 0. The lowest BCUT2D eigenvalue weighted by Gasteiger charge is -2.40. The van der Waals surface area contributed by atoms with Crippen molar-refractivity contribution in [2.45, 2.75) is 45.8 Å². The van der Waals surface area contributed by atoms with Crippen LogP contribution in [0.4, 0.5) is 4.79 Å². The van der Waals surface area contributed by atoms with Crippen molar-refractivity contribution in [2.24, 2.45) is 0 Å². The highest BCUT2D eigenvalue weighted by Crippen LogP contribution is 2.17. The summed E-state index contributed by atoms with van der Waals surface area (Å²) < 4.78 is 12.5. The number of carbonyl (C=O) groups excluding carboxylic acids is 1. The van der Waals surface area contributed by atoms with E-state index < -0.39 is 5.60 Å². The summed E-state index contributed by atoms with van der Waals surface area (Å²) in [5.74, 6) is 0.926. The smallest absolute Gasteiger partial charge is 0.410 e. The minimum Gasteiger partial charge on any atom is -0.494 e. The van der Waals surface area contributed by atoms with Gasteiger partial charge < -0.3 is 14.4 Å². The van der Waals surface area contributed by atoms with Crippen molar-refractivity contribution in [3.63, 3.8) is 0 Å². The van der Waals surface area contributed by atoms with Gasteiger partial charge in [0.15, 0.2) is 0 Å². The van der Waals surface area contributed by atoms with E-state index in [0.29, 0.717) is 19.2 Å². The van der Waals surface area contributed by atoms with Gasteiger partial charge in [-0.05, 0) is 74.9 Å². The largest absolute Gasteiger partial charge is 0.494 e. The Bertz CT molecular complexity index is 574. The monoisotopic (exact) mass is 460 g/mol. The molecule has 0 N–H and O–H groups in total. The van der Waals surface area contributed by atoms with E-state index in [1.807, 2.05) is 43.9 Å². The quantitative estimate of drug-likeness (QED) is 0.492. The first kappa shape index (κ1) is 20.3. The highest BCUT2D eigenvalue weighted by Gasteiger charge is 2.29. The molecule has 1 amide bonds. The van der Waals surface area contributed by atoms with Crippen LogP contribution in [0.5, 0.6) is 5.75 Å². The third-order valence-corrected chi connectivity index (χ3v) is 4.74. The van der Waals surface area contributed by atoms with Crippen LogP contribution in [0.25, 0.3) is 0 Å². The van der Waals surface area contributed by atoms with E-state index in [1.54, 1.807) is 0 Å². The molecule has 0 saturated carbocycles. The number of nitrogens with zero attached hydrogens (tertiary/aromatic N) is 2. The van der Waals surface area contributed by atoms with E-state index in [0.717, 1.165) is 31.8 Å². The van der Waals surface area contributed by atoms with Crippen molar-refractivity contribution in [1.29, 1.82) is 0 Å². The Labute approximate surface area is 164 Å². The predicted octanol–water partition coefficient (Wildman–Crippen LogP) is 4.00. The van der Waals surface area contributed by atoms with Crippen molar-refractivity contribution < 1.29 is 14.3 Å². The number of benzene rings is 1. The topological polar surface area (TPSA) is 42.0 Å². The molecule has 1 aliphatic rings. The molecule has 1 heterocycles. The molecule has 0 radical (unpaired) electrons. The molecule has 1 saturated heterocycles. The first-order chi connectivity index (χ1) is 11.7. The second kappa shape index (κ2) is 9.07. The summed E-state index contributed by atoms with van der Waals surface area (Å²) in [4.78, 5) is 16.4. The third kappa shape index (κ3) is 7.01. The average Bonchev–Trinajstić information content (AvgIpc) is 2.51. The Kier molecular flexibility index (Phi) is 7.37. The summed E-state index contributed by atoms with van der Waals surface area (Å²) in [6.07, 6.45) is 0.767. The summed E-state index contributed by atoms with van der Waals surface area (Å²) in [7, 11) is 0. The van der Waals surface area contributed by atoms with Gasteiger partial charge in [-0.25, -0.2) is 4.79 Å². The van der Waals surface area contributed by atoms with Gasteiger partial charge in [-0.15, -0.1) is 0 Å². The van der Waals surface area contributed by atoms with E-state index in [2.05, 4.69) is 40.5 Å². The molecule has 1 aromatic carbocycles. The van der Waals surface area contributed by atoms with E-state index in [1.165, 1.54) is 3.57 Å². The fourth-order valence-corrected chi connectivity index (χ4v) is 3.35. The summed E-state index contributed by atoms with van der Waals surface area (Å²) in [5.41, 5.74) is -0.440. The molecule has 1 atom stereocenters. The number of hydrogen-bond acceptors (Lipinski definition) is 4. The Balaban J connectivity index is 1.70. The van der Waals surface area contributed by atoms with Crippen LogP contribution in [0.3, 0.4) is 0 Å². The minimum absolute atomic E-state index is 0.207. The van der Waals surface area contributed by atoms with Gasteiger partial charge in [-0.2, -0.15) is 0 Å². The standard InChI is InChI=1S/C19H29IN2O3/c1-15-14-22(18(23)25-19(2,3)4)11-10-21(15)9-6-12-24-17-8-5-7-16(20)13-17/h5,7-8,13,15H,6,9-12,14H2,1-4H3. The molecule has 140 valence electrons. The van der Waals surface area contributed by atoms with Crippen LogP contribution in [0.1, 0.15) is 34.1 Å². The highest BCUT2D eigenvalue weighted by atomic mass is 127. The van der Waals surface area contributed by atoms with Gasteiger partial charge >= 0.3 is 6.09 Å². The molecule has 0 aliphatic carbocycles. The summed E-state index contributed by atoms with van der Waals surface area (Å²) in [6.45, 7) is 11.9. The van der Waals surface area contributed by atoms with Crippen LogP contribution in [0.15, 0.2) is 24.3 Å². The van der Waals surface area contributed by atoms with E-state index in [4.69, 9.17) is 9.47 Å². The lowest BCUT2D eigenvalue weighted by Crippen LogP contribution is -2.54. The molecule has 1 fully saturated rings. The molecule has 0 spiro atoms. The molecular weight excluding hydrogens is 431 g/mol. The lowest BCUT2D eigenvalue weighted by molar-refractivity contribution is 0.00524. The molecule has 6 heteroatoms. The van der Waals surface area contributed by atoms with Gasteiger partial charge in [0.2, 0.25) is 0 Å². The molecule has 1 unspecified atom stereocenters. The van der Waals surface area contributed by atoms with Gasteiger partial charge in [-0.1, -0.05) is 6.07 Å². The van der Waals surface area contributed by atoms with Crippen molar-refractivity contribution in [2.75, 3.05) is 32.8 Å².